The molecule has 0 radical (unpaired) electrons. The molecule has 0 fully saturated rings. The van der Waals surface area contributed by atoms with Gasteiger partial charge in [-0.05, 0) is 28.6 Å². The maximum Gasteiger partial charge on any atom is 0.0738 e. The summed E-state index contributed by atoms with van der Waals surface area (Å²) in [5.41, 5.74) is 8.28. The molecule has 1 heterocycles. The number of rotatable bonds is 5. The zero-order chi connectivity index (χ0) is 11.4. The van der Waals surface area contributed by atoms with Gasteiger partial charge in [0.05, 0.1) is 15.9 Å². The molecule has 3 nitrogen and oxygen atoms in total. The van der Waals surface area contributed by atoms with E-state index in [0.717, 1.165) is 28.1 Å². The third-order valence-corrected chi connectivity index (χ3v) is 4.36. The maximum absolute atomic E-state index is 6.06. The summed E-state index contributed by atoms with van der Waals surface area (Å²) < 4.78 is 3.01. The molecule has 1 aromatic heterocycles. The second-order valence-electron chi connectivity index (χ2n) is 3.59. The summed E-state index contributed by atoms with van der Waals surface area (Å²) >= 11 is 5.44. The molecule has 15 heavy (non-hydrogen) atoms. The molecule has 0 amide bonds. The second-order valence-corrected chi connectivity index (χ2v) is 5.71. The Labute approximate surface area is 104 Å². The molecule has 0 aromatic carbocycles. The SMILES string of the molecule is CCSCC(N)Cc1c(Br)c(C)nn1C. The van der Waals surface area contributed by atoms with Gasteiger partial charge in [0.1, 0.15) is 0 Å². The van der Waals surface area contributed by atoms with Crippen molar-refractivity contribution in [3.8, 4) is 0 Å². The average Bonchev–Trinajstić information content (AvgIpc) is 2.42. The van der Waals surface area contributed by atoms with Crippen molar-refractivity contribution in [3.63, 3.8) is 0 Å². The predicted octanol–water partition coefficient (Wildman–Crippen LogP) is 2.11. The number of halogens is 1. The number of nitrogens with zero attached hydrogens (tertiary/aromatic N) is 2. The first-order valence-corrected chi connectivity index (χ1v) is 7.02. The number of aromatic nitrogens is 2. The predicted molar refractivity (Wildman–Crippen MR) is 70.3 cm³/mol. The van der Waals surface area contributed by atoms with Crippen molar-refractivity contribution in [2.24, 2.45) is 12.8 Å². The Morgan fingerprint density at radius 2 is 2.27 bits per heavy atom. The summed E-state index contributed by atoms with van der Waals surface area (Å²) in [5, 5.41) is 4.35. The molecule has 0 saturated heterocycles. The molecule has 0 aliphatic rings. The van der Waals surface area contributed by atoms with Gasteiger partial charge in [-0.15, -0.1) is 0 Å². The highest BCUT2D eigenvalue weighted by Crippen LogP contribution is 2.21. The van der Waals surface area contributed by atoms with Crippen molar-refractivity contribution in [1.82, 2.24) is 9.78 Å². The van der Waals surface area contributed by atoms with Gasteiger partial charge in [-0.25, -0.2) is 0 Å². The smallest absolute Gasteiger partial charge is 0.0738 e. The molecule has 0 saturated carbocycles. The van der Waals surface area contributed by atoms with Gasteiger partial charge in [0.2, 0.25) is 0 Å². The fourth-order valence-electron chi connectivity index (χ4n) is 1.48. The van der Waals surface area contributed by atoms with Gasteiger partial charge < -0.3 is 5.73 Å². The Bertz CT molecular complexity index is 325. The summed E-state index contributed by atoms with van der Waals surface area (Å²) in [7, 11) is 1.97. The van der Waals surface area contributed by atoms with E-state index in [0.29, 0.717) is 0 Å². The van der Waals surface area contributed by atoms with Gasteiger partial charge in [-0.2, -0.15) is 16.9 Å². The lowest BCUT2D eigenvalue weighted by Crippen LogP contribution is -2.27. The van der Waals surface area contributed by atoms with Crippen LogP contribution in [0, 0.1) is 6.92 Å². The minimum atomic E-state index is 0.209. The van der Waals surface area contributed by atoms with Crippen molar-refractivity contribution in [2.75, 3.05) is 11.5 Å². The number of thioether (sulfide) groups is 1. The Hall–Kier alpha value is 0. The van der Waals surface area contributed by atoms with E-state index in [4.69, 9.17) is 5.73 Å². The van der Waals surface area contributed by atoms with E-state index in [1.807, 2.05) is 30.4 Å². The molecule has 0 spiro atoms. The fourth-order valence-corrected chi connectivity index (χ4v) is 2.63. The quantitative estimate of drug-likeness (QED) is 0.904. The van der Waals surface area contributed by atoms with E-state index >= 15 is 0 Å². The van der Waals surface area contributed by atoms with E-state index in [-0.39, 0.29) is 6.04 Å². The van der Waals surface area contributed by atoms with E-state index < -0.39 is 0 Å². The molecule has 0 bridgehead atoms. The van der Waals surface area contributed by atoms with Crippen LogP contribution in [0.4, 0.5) is 0 Å². The van der Waals surface area contributed by atoms with Gasteiger partial charge in [0, 0.05) is 25.3 Å². The van der Waals surface area contributed by atoms with Crippen molar-refractivity contribution < 1.29 is 0 Å². The zero-order valence-electron chi connectivity index (χ0n) is 9.46. The number of nitrogens with two attached hydrogens (primary N) is 1. The van der Waals surface area contributed by atoms with Crippen LogP contribution in [-0.4, -0.2) is 27.3 Å². The topological polar surface area (TPSA) is 43.8 Å². The van der Waals surface area contributed by atoms with E-state index in [2.05, 4.69) is 28.0 Å². The molecule has 2 N–H and O–H groups in total. The standard InChI is InChI=1S/C10H18BrN3S/c1-4-15-6-8(12)5-9-10(11)7(2)13-14(9)3/h8H,4-6,12H2,1-3H3. The minimum Gasteiger partial charge on any atom is -0.327 e. The molecule has 86 valence electrons. The summed E-state index contributed by atoms with van der Waals surface area (Å²) in [6.45, 7) is 4.15. The molecular weight excluding hydrogens is 274 g/mol. The lowest BCUT2D eigenvalue weighted by atomic mass is 10.2. The third kappa shape index (κ3) is 3.50. The van der Waals surface area contributed by atoms with Crippen LogP contribution in [0.15, 0.2) is 4.47 Å². The second kappa shape index (κ2) is 5.92. The minimum absolute atomic E-state index is 0.209. The molecule has 1 atom stereocenters. The maximum atomic E-state index is 6.06. The lowest BCUT2D eigenvalue weighted by Gasteiger charge is -2.11. The van der Waals surface area contributed by atoms with Crippen LogP contribution < -0.4 is 5.73 Å². The Kier molecular flexibility index (Phi) is 5.15. The van der Waals surface area contributed by atoms with Gasteiger partial charge in [0.25, 0.3) is 0 Å². The summed E-state index contributed by atoms with van der Waals surface area (Å²) in [6.07, 6.45) is 0.880. The highest BCUT2D eigenvalue weighted by molar-refractivity contribution is 9.10. The third-order valence-electron chi connectivity index (χ3n) is 2.25. The summed E-state index contributed by atoms with van der Waals surface area (Å²) in [4.78, 5) is 0. The first-order chi connectivity index (χ1) is 7.06. The van der Waals surface area contributed by atoms with Crippen LogP contribution in [0.2, 0.25) is 0 Å². The highest BCUT2D eigenvalue weighted by atomic mass is 79.9. The fraction of sp³-hybridized carbons (Fsp3) is 0.700. The lowest BCUT2D eigenvalue weighted by molar-refractivity contribution is 0.651. The van der Waals surface area contributed by atoms with Crippen molar-refractivity contribution in [3.05, 3.63) is 15.9 Å². The molecule has 0 aliphatic heterocycles. The summed E-state index contributed by atoms with van der Waals surface area (Å²) in [6, 6.07) is 0.209. The molecule has 5 heteroatoms. The van der Waals surface area contributed by atoms with Gasteiger partial charge >= 0.3 is 0 Å². The highest BCUT2D eigenvalue weighted by Gasteiger charge is 2.13. The van der Waals surface area contributed by atoms with Gasteiger partial charge in [0.15, 0.2) is 0 Å². The van der Waals surface area contributed by atoms with E-state index in [1.165, 1.54) is 5.69 Å². The molecular formula is C10H18BrN3S. The van der Waals surface area contributed by atoms with Crippen LogP contribution in [-0.2, 0) is 13.5 Å². The largest absolute Gasteiger partial charge is 0.327 e. The van der Waals surface area contributed by atoms with Crippen molar-refractivity contribution in [2.45, 2.75) is 26.3 Å². The van der Waals surface area contributed by atoms with E-state index in [1.54, 1.807) is 0 Å². The van der Waals surface area contributed by atoms with E-state index in [9.17, 15) is 0 Å². The van der Waals surface area contributed by atoms with Crippen LogP contribution in [0.25, 0.3) is 0 Å². The van der Waals surface area contributed by atoms with Crippen molar-refractivity contribution >= 4 is 27.7 Å². The Balaban J connectivity index is 2.63. The number of aryl methyl sites for hydroxylation is 2. The molecule has 1 aromatic rings. The van der Waals surface area contributed by atoms with Crippen LogP contribution in [0.3, 0.4) is 0 Å². The first kappa shape index (κ1) is 13.1. The van der Waals surface area contributed by atoms with Crippen LogP contribution in [0.5, 0.6) is 0 Å². The van der Waals surface area contributed by atoms with Crippen molar-refractivity contribution in [1.29, 1.82) is 0 Å². The summed E-state index contributed by atoms with van der Waals surface area (Å²) in [5.74, 6) is 2.13. The molecule has 0 aliphatic carbocycles. The first-order valence-electron chi connectivity index (χ1n) is 5.07. The Morgan fingerprint density at radius 3 is 2.73 bits per heavy atom. The van der Waals surface area contributed by atoms with Gasteiger partial charge in [-0.1, -0.05) is 6.92 Å². The average molecular weight is 292 g/mol. The number of hydrogen-bond donors (Lipinski definition) is 1. The molecule has 1 unspecified atom stereocenters. The monoisotopic (exact) mass is 291 g/mol. The van der Waals surface area contributed by atoms with Gasteiger partial charge in [-0.3, -0.25) is 4.68 Å². The zero-order valence-corrected chi connectivity index (χ0v) is 11.9. The normalized spacial score (nSPS) is 13.1. The number of hydrogen-bond acceptors (Lipinski definition) is 3. The Morgan fingerprint density at radius 1 is 1.60 bits per heavy atom. The molecule has 1 rings (SSSR count). The van der Waals surface area contributed by atoms with Crippen LogP contribution in [0.1, 0.15) is 18.3 Å². The van der Waals surface area contributed by atoms with Crippen LogP contribution >= 0.6 is 27.7 Å².